The molecule has 1 N–H and O–H groups in total. The molecule has 0 unspecified atom stereocenters. The molecule has 0 radical (unpaired) electrons. The highest BCUT2D eigenvalue weighted by Gasteiger charge is 2.50. The van der Waals surface area contributed by atoms with Crippen LogP contribution in [-0.2, 0) is 11.3 Å². The molecule has 0 aromatic heterocycles. The van der Waals surface area contributed by atoms with E-state index in [2.05, 4.69) is 58.4 Å². The van der Waals surface area contributed by atoms with Crippen molar-refractivity contribution in [2.75, 3.05) is 24.7 Å². The number of nitrogens with one attached hydrogen (secondary N) is 1. The maximum Gasteiger partial charge on any atom is 0.247 e. The summed E-state index contributed by atoms with van der Waals surface area (Å²) in [6.07, 6.45) is 1.53. The predicted molar refractivity (Wildman–Crippen MR) is 118 cm³/mol. The fourth-order valence-electron chi connectivity index (χ4n) is 5.12. The third-order valence-electron chi connectivity index (χ3n) is 6.75. The van der Waals surface area contributed by atoms with Crippen molar-refractivity contribution < 1.29 is 9.18 Å². The molecule has 4 nitrogen and oxygen atoms in total. The zero-order chi connectivity index (χ0) is 20.7. The maximum atomic E-state index is 13.4. The average molecular weight is 404 g/mol. The molecule has 0 atom stereocenters. The van der Waals surface area contributed by atoms with E-state index in [0.29, 0.717) is 6.67 Å². The van der Waals surface area contributed by atoms with Crippen molar-refractivity contribution in [2.45, 2.75) is 31.8 Å². The number of carbonyl (C=O) groups excluding carboxylic acids is 1. The number of likely N-dealkylation sites (tertiary alicyclic amines) is 1. The van der Waals surface area contributed by atoms with Crippen LogP contribution in [0.3, 0.4) is 0 Å². The number of hydrogen-bond donors (Lipinski definition) is 1. The Morgan fingerprint density at radius 3 is 2.43 bits per heavy atom. The summed E-state index contributed by atoms with van der Waals surface area (Å²) >= 11 is 0. The van der Waals surface area contributed by atoms with E-state index in [1.54, 1.807) is 12.1 Å². The Morgan fingerprint density at radius 2 is 1.70 bits per heavy atom. The third-order valence-corrected chi connectivity index (χ3v) is 6.75. The lowest BCUT2D eigenvalue weighted by molar-refractivity contribution is -0.125. The van der Waals surface area contributed by atoms with E-state index in [9.17, 15) is 9.18 Å². The molecular weight excluding hydrogens is 377 g/mol. The smallest absolute Gasteiger partial charge is 0.247 e. The standard InChI is InChI=1S/C25H26FN3O/c1-18-4-2-5-19-6-3-7-20(23(18)19)16-28-14-12-25(13-15-28)24(30)27-17-29(25)22-10-8-21(26)9-11-22/h2-11H,12-17H2,1H3,(H,27,30). The Hall–Kier alpha value is -2.92. The largest absolute Gasteiger partial charge is 0.339 e. The van der Waals surface area contributed by atoms with Gasteiger partial charge in [-0.3, -0.25) is 9.69 Å². The Morgan fingerprint density at radius 1 is 1.00 bits per heavy atom. The second kappa shape index (κ2) is 7.40. The molecule has 30 heavy (non-hydrogen) atoms. The highest BCUT2D eigenvalue weighted by atomic mass is 19.1. The average Bonchev–Trinajstić information content (AvgIpc) is 3.06. The topological polar surface area (TPSA) is 35.6 Å². The van der Waals surface area contributed by atoms with Gasteiger partial charge in [-0.2, -0.15) is 0 Å². The molecule has 1 spiro atoms. The first-order valence-corrected chi connectivity index (χ1v) is 10.6. The van der Waals surface area contributed by atoms with E-state index in [1.807, 2.05) is 0 Å². The number of rotatable bonds is 3. The summed E-state index contributed by atoms with van der Waals surface area (Å²) in [5, 5.41) is 5.63. The summed E-state index contributed by atoms with van der Waals surface area (Å²) in [6.45, 7) is 5.24. The van der Waals surface area contributed by atoms with Gasteiger partial charge in [0.05, 0.1) is 6.67 Å². The van der Waals surface area contributed by atoms with Crippen molar-refractivity contribution in [3.05, 3.63) is 77.6 Å². The number of benzene rings is 3. The first-order chi connectivity index (χ1) is 14.6. The summed E-state index contributed by atoms with van der Waals surface area (Å²) in [7, 11) is 0. The quantitative estimate of drug-likeness (QED) is 0.711. The lowest BCUT2D eigenvalue weighted by atomic mass is 9.85. The van der Waals surface area contributed by atoms with Crippen molar-refractivity contribution in [2.24, 2.45) is 0 Å². The van der Waals surface area contributed by atoms with Gasteiger partial charge in [0.25, 0.3) is 0 Å². The molecule has 3 aromatic carbocycles. The van der Waals surface area contributed by atoms with E-state index in [-0.39, 0.29) is 11.7 Å². The Kier molecular flexibility index (Phi) is 4.70. The number of piperidine rings is 1. The van der Waals surface area contributed by atoms with E-state index < -0.39 is 5.54 Å². The lowest BCUT2D eigenvalue weighted by Crippen LogP contribution is -2.56. The number of fused-ring (bicyclic) bond motifs is 1. The monoisotopic (exact) mass is 403 g/mol. The molecule has 0 aliphatic carbocycles. The molecule has 2 saturated heterocycles. The highest BCUT2D eigenvalue weighted by molar-refractivity contribution is 5.93. The maximum absolute atomic E-state index is 13.4. The zero-order valence-corrected chi connectivity index (χ0v) is 17.2. The number of nitrogens with zero attached hydrogens (tertiary/aromatic N) is 2. The highest BCUT2D eigenvalue weighted by Crippen LogP contribution is 2.37. The summed E-state index contributed by atoms with van der Waals surface area (Å²) in [5.74, 6) is -0.168. The Balaban J connectivity index is 1.36. The van der Waals surface area contributed by atoms with Crippen LogP contribution in [0.2, 0.25) is 0 Å². The second-order valence-corrected chi connectivity index (χ2v) is 8.47. The van der Waals surface area contributed by atoms with Crippen LogP contribution in [0, 0.1) is 12.7 Å². The van der Waals surface area contributed by atoms with Gasteiger partial charge in [0.15, 0.2) is 0 Å². The van der Waals surface area contributed by atoms with E-state index in [0.717, 1.165) is 38.2 Å². The third kappa shape index (κ3) is 3.14. The number of hydrogen-bond acceptors (Lipinski definition) is 3. The van der Waals surface area contributed by atoms with Gasteiger partial charge in [0, 0.05) is 25.3 Å². The summed E-state index contributed by atoms with van der Waals surface area (Å²) in [5.41, 5.74) is 3.00. The molecule has 0 saturated carbocycles. The predicted octanol–water partition coefficient (Wildman–Crippen LogP) is 4.22. The van der Waals surface area contributed by atoms with Gasteiger partial charge in [0.2, 0.25) is 5.91 Å². The van der Waals surface area contributed by atoms with Crippen molar-refractivity contribution in [3.63, 3.8) is 0 Å². The van der Waals surface area contributed by atoms with Crippen LogP contribution in [-0.4, -0.2) is 36.1 Å². The first kappa shape index (κ1) is 19.1. The van der Waals surface area contributed by atoms with Crippen LogP contribution in [0.15, 0.2) is 60.7 Å². The van der Waals surface area contributed by atoms with Crippen molar-refractivity contribution in [3.8, 4) is 0 Å². The molecular formula is C25H26FN3O. The summed E-state index contributed by atoms with van der Waals surface area (Å²) in [6, 6.07) is 19.4. The van der Waals surface area contributed by atoms with Gasteiger partial charge in [-0.25, -0.2) is 4.39 Å². The lowest BCUT2D eigenvalue weighted by Gasteiger charge is -2.43. The number of carbonyl (C=O) groups is 1. The molecule has 2 fully saturated rings. The van der Waals surface area contributed by atoms with Crippen molar-refractivity contribution >= 4 is 22.4 Å². The van der Waals surface area contributed by atoms with Gasteiger partial charge in [-0.15, -0.1) is 0 Å². The molecule has 5 rings (SSSR count). The van der Waals surface area contributed by atoms with Crippen molar-refractivity contribution in [1.29, 1.82) is 0 Å². The molecule has 154 valence electrons. The second-order valence-electron chi connectivity index (χ2n) is 8.47. The molecule has 2 aliphatic rings. The van der Waals surface area contributed by atoms with Gasteiger partial charge >= 0.3 is 0 Å². The number of anilines is 1. The molecule has 1 amide bonds. The Labute approximate surface area is 176 Å². The van der Waals surface area contributed by atoms with Gasteiger partial charge in [-0.1, -0.05) is 36.4 Å². The van der Waals surface area contributed by atoms with Crippen LogP contribution in [0.1, 0.15) is 24.0 Å². The zero-order valence-electron chi connectivity index (χ0n) is 17.2. The summed E-state index contributed by atoms with van der Waals surface area (Å²) < 4.78 is 13.4. The fourth-order valence-corrected chi connectivity index (χ4v) is 5.12. The fraction of sp³-hybridized carbons (Fsp3) is 0.320. The Bertz CT molecular complexity index is 1080. The van der Waals surface area contributed by atoms with Gasteiger partial charge in [0.1, 0.15) is 11.4 Å². The van der Waals surface area contributed by atoms with Crippen molar-refractivity contribution in [1.82, 2.24) is 10.2 Å². The van der Waals surface area contributed by atoms with Crippen LogP contribution in [0.5, 0.6) is 0 Å². The van der Waals surface area contributed by atoms with Crippen LogP contribution in [0.4, 0.5) is 10.1 Å². The minimum atomic E-state index is -0.539. The number of aryl methyl sites for hydroxylation is 1. The molecule has 0 bridgehead atoms. The van der Waals surface area contributed by atoms with Crippen LogP contribution < -0.4 is 10.2 Å². The summed E-state index contributed by atoms with van der Waals surface area (Å²) in [4.78, 5) is 17.4. The molecule has 3 aromatic rings. The van der Waals surface area contributed by atoms with Crippen LogP contribution in [0.25, 0.3) is 10.8 Å². The minimum absolute atomic E-state index is 0.0903. The SMILES string of the molecule is Cc1cccc2cccc(CN3CCC4(CC3)C(=O)NCN4c3ccc(F)cc3)c12. The molecule has 5 heteroatoms. The van der Waals surface area contributed by atoms with E-state index >= 15 is 0 Å². The van der Waals surface area contributed by atoms with Gasteiger partial charge in [-0.05, 0) is 65.9 Å². The minimum Gasteiger partial charge on any atom is -0.339 e. The van der Waals surface area contributed by atoms with Gasteiger partial charge < -0.3 is 10.2 Å². The van der Waals surface area contributed by atoms with E-state index in [4.69, 9.17) is 0 Å². The number of halogens is 1. The van der Waals surface area contributed by atoms with Crippen LogP contribution >= 0.6 is 0 Å². The molecule has 2 heterocycles. The normalized spacial score (nSPS) is 18.9. The molecule has 2 aliphatic heterocycles. The van der Waals surface area contributed by atoms with E-state index in [1.165, 1.54) is 34.0 Å². The first-order valence-electron chi connectivity index (χ1n) is 10.6. The number of amides is 1.